The van der Waals surface area contributed by atoms with Crippen LogP contribution in [0.15, 0.2) is 24.3 Å². The molecule has 1 atom stereocenters. The summed E-state index contributed by atoms with van der Waals surface area (Å²) in [6.45, 7) is 4.03. The Hall–Kier alpha value is -0.860. The summed E-state index contributed by atoms with van der Waals surface area (Å²) < 4.78 is 0. The predicted molar refractivity (Wildman–Crippen MR) is 57.2 cm³/mol. The third-order valence-corrected chi connectivity index (χ3v) is 3.05. The Kier molecular flexibility index (Phi) is 2.85. The molecule has 1 heterocycles. The summed E-state index contributed by atoms with van der Waals surface area (Å²) in [5.74, 6) is 0.453. The zero-order chi connectivity index (χ0) is 9.97. The summed E-state index contributed by atoms with van der Waals surface area (Å²) in [7, 11) is 0. The SMILES string of the molecule is Cc1ccccc1CC(O)C1CNC1. The third kappa shape index (κ3) is 1.97. The lowest BCUT2D eigenvalue weighted by atomic mass is 9.90. The number of hydrogen-bond acceptors (Lipinski definition) is 2. The lowest BCUT2D eigenvalue weighted by Gasteiger charge is -2.31. The summed E-state index contributed by atoms with van der Waals surface area (Å²) in [6, 6.07) is 8.27. The van der Waals surface area contributed by atoms with Crippen molar-refractivity contribution < 1.29 is 5.11 Å². The molecule has 0 radical (unpaired) electrons. The Bertz CT molecular complexity index is 307. The van der Waals surface area contributed by atoms with Crippen LogP contribution >= 0.6 is 0 Å². The Morgan fingerprint density at radius 2 is 2.14 bits per heavy atom. The molecule has 0 aliphatic carbocycles. The molecule has 2 heteroatoms. The number of aliphatic hydroxyl groups excluding tert-OH is 1. The molecule has 14 heavy (non-hydrogen) atoms. The van der Waals surface area contributed by atoms with Crippen molar-refractivity contribution in [2.45, 2.75) is 19.4 Å². The van der Waals surface area contributed by atoms with E-state index in [2.05, 4.69) is 24.4 Å². The Labute approximate surface area is 85.0 Å². The fourth-order valence-electron chi connectivity index (χ4n) is 1.81. The molecule has 2 nitrogen and oxygen atoms in total. The maximum absolute atomic E-state index is 9.91. The van der Waals surface area contributed by atoms with Crippen LogP contribution in [-0.2, 0) is 6.42 Å². The van der Waals surface area contributed by atoms with Gasteiger partial charge in [-0.05, 0) is 24.5 Å². The van der Waals surface area contributed by atoms with Gasteiger partial charge in [-0.2, -0.15) is 0 Å². The van der Waals surface area contributed by atoms with Crippen molar-refractivity contribution in [3.8, 4) is 0 Å². The lowest BCUT2D eigenvalue weighted by molar-refractivity contribution is 0.0771. The fourth-order valence-corrected chi connectivity index (χ4v) is 1.81. The highest BCUT2D eigenvalue weighted by molar-refractivity contribution is 5.26. The normalized spacial score (nSPS) is 19.0. The molecule has 0 saturated carbocycles. The summed E-state index contributed by atoms with van der Waals surface area (Å²) in [6.07, 6.45) is 0.608. The van der Waals surface area contributed by atoms with Gasteiger partial charge in [-0.25, -0.2) is 0 Å². The fraction of sp³-hybridized carbons (Fsp3) is 0.500. The first-order valence-electron chi connectivity index (χ1n) is 5.20. The molecule has 1 aliphatic rings. The standard InChI is InChI=1S/C12H17NO/c1-9-4-2-3-5-10(9)6-12(14)11-7-13-8-11/h2-5,11-14H,6-8H2,1H3. The van der Waals surface area contributed by atoms with Crippen molar-refractivity contribution in [2.75, 3.05) is 13.1 Å². The average Bonchev–Trinajstić information content (AvgIpc) is 2.05. The number of hydrogen-bond donors (Lipinski definition) is 2. The van der Waals surface area contributed by atoms with Gasteiger partial charge in [0.2, 0.25) is 0 Å². The molecule has 1 unspecified atom stereocenters. The smallest absolute Gasteiger partial charge is 0.0633 e. The summed E-state index contributed by atoms with van der Waals surface area (Å²) >= 11 is 0. The molecule has 76 valence electrons. The minimum atomic E-state index is -0.183. The van der Waals surface area contributed by atoms with Gasteiger partial charge >= 0.3 is 0 Å². The highest BCUT2D eigenvalue weighted by Gasteiger charge is 2.25. The zero-order valence-corrected chi connectivity index (χ0v) is 8.53. The largest absolute Gasteiger partial charge is 0.392 e. The van der Waals surface area contributed by atoms with E-state index in [0.717, 1.165) is 19.5 Å². The second kappa shape index (κ2) is 4.11. The van der Waals surface area contributed by atoms with Crippen LogP contribution < -0.4 is 5.32 Å². The minimum Gasteiger partial charge on any atom is -0.392 e. The van der Waals surface area contributed by atoms with Crippen LogP contribution in [-0.4, -0.2) is 24.3 Å². The summed E-state index contributed by atoms with van der Waals surface area (Å²) in [4.78, 5) is 0. The van der Waals surface area contributed by atoms with Crippen LogP contribution in [0.3, 0.4) is 0 Å². The van der Waals surface area contributed by atoms with Crippen molar-refractivity contribution in [1.82, 2.24) is 5.32 Å². The van der Waals surface area contributed by atoms with Crippen molar-refractivity contribution >= 4 is 0 Å². The number of benzene rings is 1. The number of aryl methyl sites for hydroxylation is 1. The molecule has 1 fully saturated rings. The van der Waals surface area contributed by atoms with Crippen LogP contribution in [0.4, 0.5) is 0 Å². The molecule has 0 bridgehead atoms. The third-order valence-electron chi connectivity index (χ3n) is 3.05. The highest BCUT2D eigenvalue weighted by atomic mass is 16.3. The van der Waals surface area contributed by atoms with Crippen LogP contribution in [0, 0.1) is 12.8 Å². The maximum Gasteiger partial charge on any atom is 0.0633 e. The van der Waals surface area contributed by atoms with Crippen LogP contribution in [0.2, 0.25) is 0 Å². The van der Waals surface area contributed by atoms with Gasteiger partial charge in [0.25, 0.3) is 0 Å². The van der Waals surface area contributed by atoms with Crippen molar-refractivity contribution in [2.24, 2.45) is 5.92 Å². The van der Waals surface area contributed by atoms with E-state index in [1.807, 2.05) is 12.1 Å². The molecule has 1 aliphatic heterocycles. The van der Waals surface area contributed by atoms with Crippen LogP contribution in [0.25, 0.3) is 0 Å². The van der Waals surface area contributed by atoms with Gasteiger partial charge in [-0.1, -0.05) is 24.3 Å². The zero-order valence-electron chi connectivity index (χ0n) is 8.53. The topological polar surface area (TPSA) is 32.3 Å². The number of rotatable bonds is 3. The van der Waals surface area contributed by atoms with Crippen molar-refractivity contribution in [1.29, 1.82) is 0 Å². The molecular formula is C12H17NO. The predicted octanol–water partition coefficient (Wildman–Crippen LogP) is 1.12. The van der Waals surface area contributed by atoms with E-state index in [1.165, 1.54) is 11.1 Å². The van der Waals surface area contributed by atoms with Crippen molar-refractivity contribution in [3.63, 3.8) is 0 Å². The maximum atomic E-state index is 9.91. The molecule has 0 amide bonds. The molecule has 0 aromatic heterocycles. The van der Waals surface area contributed by atoms with E-state index in [0.29, 0.717) is 5.92 Å². The summed E-state index contributed by atoms with van der Waals surface area (Å²) in [5.41, 5.74) is 2.55. The summed E-state index contributed by atoms with van der Waals surface area (Å²) in [5, 5.41) is 13.1. The van der Waals surface area contributed by atoms with Gasteiger partial charge in [0.05, 0.1) is 6.10 Å². The molecule has 1 aromatic rings. The first kappa shape index (κ1) is 9.69. The second-order valence-electron chi connectivity index (χ2n) is 4.12. The monoisotopic (exact) mass is 191 g/mol. The molecular weight excluding hydrogens is 174 g/mol. The van der Waals surface area contributed by atoms with E-state index >= 15 is 0 Å². The number of nitrogens with one attached hydrogen (secondary N) is 1. The average molecular weight is 191 g/mol. The Morgan fingerprint density at radius 1 is 1.43 bits per heavy atom. The van der Waals surface area contributed by atoms with Gasteiger partial charge in [-0.3, -0.25) is 0 Å². The van der Waals surface area contributed by atoms with Crippen LogP contribution in [0.1, 0.15) is 11.1 Å². The van der Waals surface area contributed by atoms with Gasteiger partial charge < -0.3 is 10.4 Å². The molecule has 1 saturated heterocycles. The van der Waals surface area contributed by atoms with Gasteiger partial charge in [0.15, 0.2) is 0 Å². The first-order chi connectivity index (χ1) is 6.77. The molecule has 1 aromatic carbocycles. The minimum absolute atomic E-state index is 0.183. The van der Waals surface area contributed by atoms with E-state index < -0.39 is 0 Å². The quantitative estimate of drug-likeness (QED) is 0.750. The molecule has 2 N–H and O–H groups in total. The lowest BCUT2D eigenvalue weighted by Crippen LogP contribution is -2.49. The van der Waals surface area contributed by atoms with E-state index in [9.17, 15) is 5.11 Å². The van der Waals surface area contributed by atoms with E-state index in [1.54, 1.807) is 0 Å². The van der Waals surface area contributed by atoms with E-state index in [4.69, 9.17) is 0 Å². The Balaban J connectivity index is 1.99. The van der Waals surface area contributed by atoms with Gasteiger partial charge in [0, 0.05) is 19.0 Å². The van der Waals surface area contributed by atoms with Crippen LogP contribution in [0.5, 0.6) is 0 Å². The Morgan fingerprint density at radius 3 is 2.71 bits per heavy atom. The second-order valence-corrected chi connectivity index (χ2v) is 4.12. The first-order valence-corrected chi connectivity index (χ1v) is 5.20. The number of aliphatic hydroxyl groups is 1. The molecule has 2 rings (SSSR count). The van der Waals surface area contributed by atoms with E-state index in [-0.39, 0.29) is 6.10 Å². The van der Waals surface area contributed by atoms with Crippen molar-refractivity contribution in [3.05, 3.63) is 35.4 Å². The van der Waals surface area contributed by atoms with Gasteiger partial charge in [0.1, 0.15) is 0 Å². The van der Waals surface area contributed by atoms with Gasteiger partial charge in [-0.15, -0.1) is 0 Å². The molecule has 0 spiro atoms. The highest BCUT2D eigenvalue weighted by Crippen LogP contribution is 2.16.